The van der Waals surface area contributed by atoms with Crippen LogP contribution < -0.4 is 14.2 Å². The number of rotatable bonds is 10. The van der Waals surface area contributed by atoms with Crippen molar-refractivity contribution in [3.8, 4) is 11.5 Å². The van der Waals surface area contributed by atoms with E-state index >= 15 is 0 Å². The molecular weight excluding hydrogens is 591 g/mol. The number of anilines is 1. The average molecular weight is 624 g/mol. The van der Waals surface area contributed by atoms with E-state index < -0.39 is 38.1 Å². The summed E-state index contributed by atoms with van der Waals surface area (Å²) in [5, 5.41) is 11.5. The Morgan fingerprint density at radius 2 is 1.88 bits per heavy atom. The van der Waals surface area contributed by atoms with Crippen molar-refractivity contribution in [2.75, 3.05) is 38.6 Å². The van der Waals surface area contributed by atoms with Crippen molar-refractivity contribution in [1.29, 1.82) is 0 Å². The first-order valence-corrected chi connectivity index (χ1v) is 16.6. The molecule has 0 aliphatic carbocycles. The SMILES string of the molecule is COc1ccc(S(=O)(=O)N(C)C[C@H]2Oc3ccc(NS(=O)(=O)c4cccs4)cc3C(=O)N([C@H](C)CO)C[C@@H]2C)cc1. The van der Waals surface area contributed by atoms with Gasteiger partial charge in [0.2, 0.25) is 10.0 Å². The number of hydrogen-bond donors (Lipinski definition) is 2. The fraction of sp³-hybridized carbons (Fsp3) is 0.370. The molecule has 0 saturated heterocycles. The number of aliphatic hydroxyl groups excluding tert-OH is 1. The molecule has 41 heavy (non-hydrogen) atoms. The molecule has 1 amide bonds. The number of carbonyl (C=O) groups excluding carboxylic acids is 1. The van der Waals surface area contributed by atoms with Crippen molar-refractivity contribution in [3.05, 3.63) is 65.5 Å². The van der Waals surface area contributed by atoms with E-state index in [1.165, 1.54) is 59.8 Å². The Labute approximate surface area is 244 Å². The van der Waals surface area contributed by atoms with Crippen LogP contribution in [0, 0.1) is 5.92 Å². The number of fused-ring (bicyclic) bond motifs is 1. The highest BCUT2D eigenvalue weighted by molar-refractivity contribution is 7.94. The molecule has 2 N–H and O–H groups in total. The van der Waals surface area contributed by atoms with Crippen LogP contribution in [0.5, 0.6) is 11.5 Å². The Bertz CT molecular complexity index is 1580. The Morgan fingerprint density at radius 1 is 1.17 bits per heavy atom. The summed E-state index contributed by atoms with van der Waals surface area (Å²) < 4.78 is 67.4. The van der Waals surface area contributed by atoms with Gasteiger partial charge in [-0.3, -0.25) is 9.52 Å². The van der Waals surface area contributed by atoms with E-state index in [9.17, 15) is 26.7 Å². The van der Waals surface area contributed by atoms with Gasteiger partial charge in [-0.15, -0.1) is 11.3 Å². The number of aliphatic hydroxyl groups is 1. The predicted octanol–water partition coefficient (Wildman–Crippen LogP) is 3.10. The van der Waals surface area contributed by atoms with Crippen molar-refractivity contribution in [2.24, 2.45) is 5.92 Å². The van der Waals surface area contributed by atoms with Gasteiger partial charge in [-0.1, -0.05) is 13.0 Å². The van der Waals surface area contributed by atoms with Gasteiger partial charge in [0.05, 0.1) is 36.8 Å². The summed E-state index contributed by atoms with van der Waals surface area (Å²) in [5.41, 5.74) is 0.254. The average Bonchev–Trinajstić information content (AvgIpc) is 3.51. The predicted molar refractivity (Wildman–Crippen MR) is 156 cm³/mol. The Kier molecular flexibility index (Phi) is 9.29. The first kappa shape index (κ1) is 30.8. The number of methoxy groups -OCH3 is 1. The number of thiophene rings is 1. The summed E-state index contributed by atoms with van der Waals surface area (Å²) in [6, 6.07) is 13.0. The van der Waals surface area contributed by atoms with E-state index in [4.69, 9.17) is 9.47 Å². The standard InChI is InChI=1S/C27H33N3O8S3/c1-18-15-30(19(2)17-31)27(32)23-14-20(28-40(33,34)26-6-5-13-39-26)7-12-24(23)38-25(18)16-29(3)41(35,36)22-10-8-21(37-4)9-11-22/h5-14,18-19,25,28,31H,15-17H2,1-4H3/t18-,19+,25+/m0/s1. The lowest BCUT2D eigenvalue weighted by atomic mass is 9.99. The van der Waals surface area contributed by atoms with Crippen LogP contribution >= 0.6 is 11.3 Å². The zero-order valence-corrected chi connectivity index (χ0v) is 25.5. The van der Waals surface area contributed by atoms with Crippen LogP contribution in [0.2, 0.25) is 0 Å². The minimum Gasteiger partial charge on any atom is -0.497 e. The van der Waals surface area contributed by atoms with E-state index in [1.807, 2.05) is 6.92 Å². The molecule has 11 nitrogen and oxygen atoms in total. The van der Waals surface area contributed by atoms with Crippen molar-refractivity contribution in [3.63, 3.8) is 0 Å². The molecule has 1 aromatic heterocycles. The zero-order valence-electron chi connectivity index (χ0n) is 23.1. The molecule has 2 aromatic carbocycles. The number of hydrogen-bond acceptors (Lipinski definition) is 9. The van der Waals surface area contributed by atoms with Gasteiger partial charge in [0.15, 0.2) is 0 Å². The van der Waals surface area contributed by atoms with Crippen LogP contribution in [0.3, 0.4) is 0 Å². The first-order chi connectivity index (χ1) is 19.4. The van der Waals surface area contributed by atoms with Crippen molar-refractivity contribution < 1.29 is 36.2 Å². The molecule has 4 rings (SSSR count). The molecule has 222 valence electrons. The van der Waals surface area contributed by atoms with Gasteiger partial charge in [0, 0.05) is 25.2 Å². The number of sulfonamides is 2. The van der Waals surface area contributed by atoms with Crippen LogP contribution in [0.4, 0.5) is 5.69 Å². The van der Waals surface area contributed by atoms with E-state index in [0.29, 0.717) is 5.75 Å². The third-order valence-electron chi connectivity index (χ3n) is 6.88. The third-order valence-corrected chi connectivity index (χ3v) is 11.5. The fourth-order valence-electron chi connectivity index (χ4n) is 4.40. The number of amides is 1. The minimum atomic E-state index is -3.88. The smallest absolute Gasteiger partial charge is 0.271 e. The van der Waals surface area contributed by atoms with Gasteiger partial charge in [-0.2, -0.15) is 4.31 Å². The highest BCUT2D eigenvalue weighted by Crippen LogP contribution is 2.32. The molecule has 1 aliphatic rings. The maximum atomic E-state index is 13.7. The molecule has 0 spiro atoms. The van der Waals surface area contributed by atoms with Gasteiger partial charge in [0.25, 0.3) is 15.9 Å². The molecule has 0 unspecified atom stereocenters. The van der Waals surface area contributed by atoms with Crippen LogP contribution in [0.25, 0.3) is 0 Å². The molecule has 0 radical (unpaired) electrons. The molecule has 3 aromatic rings. The molecular formula is C27H33N3O8S3. The number of likely N-dealkylation sites (N-methyl/N-ethyl adjacent to an activating group) is 1. The Hall–Kier alpha value is -3.17. The molecule has 0 fully saturated rings. The zero-order chi connectivity index (χ0) is 29.9. The van der Waals surface area contributed by atoms with Crippen LogP contribution in [-0.2, 0) is 20.0 Å². The highest BCUT2D eigenvalue weighted by Gasteiger charge is 2.35. The van der Waals surface area contributed by atoms with Crippen LogP contribution in [0.15, 0.2) is 69.1 Å². The lowest BCUT2D eigenvalue weighted by Gasteiger charge is -2.38. The molecule has 14 heteroatoms. The molecule has 0 saturated carbocycles. The number of carbonyl (C=O) groups is 1. The number of ether oxygens (including phenoxy) is 2. The quantitative estimate of drug-likeness (QED) is 0.351. The maximum absolute atomic E-state index is 13.7. The molecule has 3 atom stereocenters. The Morgan fingerprint density at radius 3 is 2.49 bits per heavy atom. The van der Waals surface area contributed by atoms with Crippen LogP contribution in [0.1, 0.15) is 24.2 Å². The second kappa shape index (κ2) is 12.4. The van der Waals surface area contributed by atoms with Crippen LogP contribution in [-0.4, -0.2) is 83.1 Å². The summed E-state index contributed by atoms with van der Waals surface area (Å²) in [5.74, 6) is -0.0640. The minimum absolute atomic E-state index is 0.0305. The maximum Gasteiger partial charge on any atom is 0.271 e. The molecule has 2 heterocycles. The lowest BCUT2D eigenvalue weighted by molar-refractivity contribution is 0.0387. The number of nitrogens with one attached hydrogen (secondary N) is 1. The van der Waals surface area contributed by atoms with Gasteiger partial charge in [0.1, 0.15) is 21.8 Å². The van der Waals surface area contributed by atoms with Gasteiger partial charge in [-0.25, -0.2) is 16.8 Å². The summed E-state index contributed by atoms with van der Waals surface area (Å²) in [7, 11) is -4.79. The first-order valence-electron chi connectivity index (χ1n) is 12.8. The van der Waals surface area contributed by atoms with Crippen molar-refractivity contribution in [1.82, 2.24) is 9.21 Å². The summed E-state index contributed by atoms with van der Waals surface area (Å²) in [4.78, 5) is 15.2. The van der Waals surface area contributed by atoms with E-state index in [0.717, 1.165) is 11.3 Å². The van der Waals surface area contributed by atoms with E-state index in [-0.39, 0.29) is 51.7 Å². The Balaban J connectivity index is 1.66. The third kappa shape index (κ3) is 6.67. The summed E-state index contributed by atoms with van der Waals surface area (Å²) in [6.45, 7) is 3.39. The summed E-state index contributed by atoms with van der Waals surface area (Å²) in [6.07, 6.45) is -0.679. The van der Waals surface area contributed by atoms with Gasteiger partial charge in [-0.05, 0) is 60.8 Å². The van der Waals surface area contributed by atoms with Gasteiger partial charge < -0.3 is 19.5 Å². The highest BCUT2D eigenvalue weighted by atomic mass is 32.2. The monoisotopic (exact) mass is 623 g/mol. The fourth-order valence-corrected chi connectivity index (χ4v) is 7.63. The topological polar surface area (TPSA) is 143 Å². The lowest BCUT2D eigenvalue weighted by Crippen LogP contribution is -2.50. The number of benzene rings is 2. The largest absolute Gasteiger partial charge is 0.497 e. The second-order valence-corrected chi connectivity index (χ2v) is 14.7. The van der Waals surface area contributed by atoms with E-state index in [2.05, 4.69) is 4.72 Å². The number of nitrogens with zero attached hydrogens (tertiary/aromatic N) is 2. The molecule has 0 bridgehead atoms. The normalized spacial score (nSPS) is 18.7. The molecule has 1 aliphatic heterocycles. The summed E-state index contributed by atoms with van der Waals surface area (Å²) >= 11 is 1.06. The second-order valence-electron chi connectivity index (χ2n) is 9.83. The van der Waals surface area contributed by atoms with Crippen molar-refractivity contribution >= 4 is 43.0 Å². The van der Waals surface area contributed by atoms with Gasteiger partial charge >= 0.3 is 0 Å². The van der Waals surface area contributed by atoms with Crippen molar-refractivity contribution in [2.45, 2.75) is 35.1 Å². The van der Waals surface area contributed by atoms with E-state index in [1.54, 1.807) is 30.5 Å².